The van der Waals surface area contributed by atoms with Crippen LogP contribution in [0.15, 0.2) is 52.4 Å². The van der Waals surface area contributed by atoms with Gasteiger partial charge < -0.3 is 9.73 Å². The second kappa shape index (κ2) is 7.91. The van der Waals surface area contributed by atoms with Gasteiger partial charge in [0.1, 0.15) is 0 Å². The lowest BCUT2D eigenvalue weighted by Gasteiger charge is -2.09. The van der Waals surface area contributed by atoms with E-state index in [4.69, 9.17) is 4.42 Å². The number of benzene rings is 1. The molecule has 0 spiro atoms. The number of nitro benzene ring substituents is 1. The van der Waals surface area contributed by atoms with Gasteiger partial charge in [-0.15, -0.1) is 10.2 Å². The number of nitro groups is 1. The van der Waals surface area contributed by atoms with Crippen LogP contribution in [0.3, 0.4) is 0 Å². The number of carbonyl (C=O) groups is 1. The molecule has 3 rings (SSSR count). The number of hydrogen-bond acceptors (Lipinski definition) is 8. The molecule has 9 nitrogen and oxygen atoms in total. The van der Waals surface area contributed by atoms with Crippen LogP contribution in [0.2, 0.25) is 0 Å². The van der Waals surface area contributed by atoms with Crippen LogP contribution in [0.1, 0.15) is 6.92 Å². The Morgan fingerprint density at radius 1 is 1.37 bits per heavy atom. The molecule has 0 radical (unpaired) electrons. The van der Waals surface area contributed by atoms with Crippen molar-refractivity contribution in [2.45, 2.75) is 17.4 Å². The van der Waals surface area contributed by atoms with E-state index in [9.17, 15) is 19.3 Å². The van der Waals surface area contributed by atoms with Crippen LogP contribution in [0.5, 0.6) is 0 Å². The van der Waals surface area contributed by atoms with Crippen LogP contribution in [-0.2, 0) is 4.79 Å². The smallest absolute Gasteiger partial charge is 0.306 e. The van der Waals surface area contributed by atoms with Gasteiger partial charge in [0.25, 0.3) is 5.22 Å². The third kappa shape index (κ3) is 4.44. The molecule has 0 saturated carbocycles. The molecule has 2 aromatic heterocycles. The minimum absolute atomic E-state index is 0.113. The summed E-state index contributed by atoms with van der Waals surface area (Å²) in [6.45, 7) is 1.60. The summed E-state index contributed by atoms with van der Waals surface area (Å²) < 4.78 is 18.8. The lowest BCUT2D eigenvalue weighted by atomic mass is 10.2. The summed E-state index contributed by atoms with van der Waals surface area (Å²) in [4.78, 5) is 26.1. The molecule has 0 aliphatic carbocycles. The van der Waals surface area contributed by atoms with Gasteiger partial charge in [-0.05, 0) is 31.2 Å². The first kappa shape index (κ1) is 18.5. The molecule has 2 heterocycles. The third-order valence-electron chi connectivity index (χ3n) is 3.37. The van der Waals surface area contributed by atoms with E-state index in [0.717, 1.165) is 23.9 Å². The van der Waals surface area contributed by atoms with E-state index >= 15 is 0 Å². The Balaban J connectivity index is 1.65. The molecule has 1 aromatic carbocycles. The summed E-state index contributed by atoms with van der Waals surface area (Å²) in [5, 5.41) is 20.6. The maximum atomic E-state index is 13.4. The molecule has 1 amide bonds. The fraction of sp³-hybridized carbons (Fsp3) is 0.125. The zero-order valence-electron chi connectivity index (χ0n) is 13.8. The summed E-state index contributed by atoms with van der Waals surface area (Å²) in [5.74, 6) is -1.16. The second-order valence-electron chi connectivity index (χ2n) is 5.29. The van der Waals surface area contributed by atoms with Gasteiger partial charge in [-0.25, -0.2) is 0 Å². The summed E-state index contributed by atoms with van der Waals surface area (Å²) in [6.07, 6.45) is 3.18. The number of aromatic nitrogens is 3. The molecule has 1 atom stereocenters. The lowest BCUT2D eigenvalue weighted by Crippen LogP contribution is -2.22. The van der Waals surface area contributed by atoms with Crippen molar-refractivity contribution in [2.24, 2.45) is 0 Å². The number of hydrogen-bond donors (Lipinski definition) is 1. The Labute approximate surface area is 156 Å². The zero-order chi connectivity index (χ0) is 19.4. The Morgan fingerprint density at radius 3 is 2.89 bits per heavy atom. The van der Waals surface area contributed by atoms with E-state index in [0.29, 0.717) is 5.56 Å². The second-order valence-corrected chi connectivity index (χ2v) is 6.58. The first-order chi connectivity index (χ1) is 12.9. The summed E-state index contributed by atoms with van der Waals surface area (Å²) in [7, 11) is 0. The average Bonchev–Trinajstić information content (AvgIpc) is 3.12. The summed E-state index contributed by atoms with van der Waals surface area (Å²) in [6, 6.07) is 6.60. The fourth-order valence-corrected chi connectivity index (χ4v) is 2.73. The first-order valence-electron chi connectivity index (χ1n) is 7.59. The van der Waals surface area contributed by atoms with E-state index < -0.39 is 27.6 Å². The summed E-state index contributed by atoms with van der Waals surface area (Å²) >= 11 is 1.02. The number of halogens is 1. The van der Waals surface area contributed by atoms with Gasteiger partial charge in [0.05, 0.1) is 15.7 Å². The Kier molecular flexibility index (Phi) is 5.41. The van der Waals surface area contributed by atoms with Gasteiger partial charge in [0.2, 0.25) is 17.6 Å². The van der Waals surface area contributed by atoms with Gasteiger partial charge in [0.15, 0.2) is 0 Å². The Morgan fingerprint density at radius 2 is 2.19 bits per heavy atom. The number of nitrogens with one attached hydrogen (secondary N) is 1. The topological polar surface area (TPSA) is 124 Å². The predicted octanol–water partition coefficient (Wildman–Crippen LogP) is 3.30. The molecule has 3 aromatic rings. The molecule has 138 valence electrons. The van der Waals surface area contributed by atoms with Gasteiger partial charge in [0, 0.05) is 24.1 Å². The minimum atomic E-state index is -0.978. The SMILES string of the molecule is C[C@@H](Sc1nnc(-c2cccnc2)o1)C(=O)Nc1ccc(F)c([N+](=O)[O-])c1. The van der Waals surface area contributed by atoms with Crippen molar-refractivity contribution in [3.8, 4) is 11.5 Å². The van der Waals surface area contributed by atoms with E-state index in [-0.39, 0.29) is 16.8 Å². The van der Waals surface area contributed by atoms with Gasteiger partial charge in [-0.2, -0.15) is 4.39 Å². The van der Waals surface area contributed by atoms with Crippen molar-refractivity contribution < 1.29 is 18.5 Å². The number of rotatable bonds is 6. The van der Waals surface area contributed by atoms with Crippen LogP contribution in [0.25, 0.3) is 11.5 Å². The van der Waals surface area contributed by atoms with E-state index in [1.807, 2.05) is 0 Å². The molecule has 0 aliphatic heterocycles. The largest absolute Gasteiger partial charge is 0.411 e. The van der Waals surface area contributed by atoms with Crippen molar-refractivity contribution in [1.29, 1.82) is 0 Å². The van der Waals surface area contributed by atoms with Gasteiger partial charge >= 0.3 is 5.69 Å². The fourth-order valence-electron chi connectivity index (χ4n) is 2.04. The Bertz CT molecular complexity index is 982. The maximum absolute atomic E-state index is 13.4. The van der Waals surface area contributed by atoms with E-state index in [1.54, 1.807) is 31.5 Å². The molecule has 0 aliphatic rings. The molecule has 0 saturated heterocycles. The molecule has 0 fully saturated rings. The molecule has 0 bridgehead atoms. The van der Waals surface area contributed by atoms with E-state index in [1.165, 1.54) is 6.07 Å². The molecular weight excluding hydrogens is 377 g/mol. The lowest BCUT2D eigenvalue weighted by molar-refractivity contribution is -0.387. The highest BCUT2D eigenvalue weighted by Gasteiger charge is 2.21. The van der Waals surface area contributed by atoms with Crippen molar-refractivity contribution in [3.63, 3.8) is 0 Å². The Hall–Kier alpha value is -3.34. The van der Waals surface area contributed by atoms with E-state index in [2.05, 4.69) is 20.5 Å². The number of thioether (sulfide) groups is 1. The molecule has 27 heavy (non-hydrogen) atoms. The number of carbonyl (C=O) groups excluding carboxylic acids is 1. The molecule has 11 heteroatoms. The predicted molar refractivity (Wildman–Crippen MR) is 94.5 cm³/mol. The number of pyridine rings is 1. The van der Waals surface area contributed by atoms with Crippen molar-refractivity contribution in [3.05, 3.63) is 58.7 Å². The highest BCUT2D eigenvalue weighted by Crippen LogP contribution is 2.27. The van der Waals surface area contributed by atoms with Crippen LogP contribution in [0, 0.1) is 15.9 Å². The number of nitrogens with zero attached hydrogens (tertiary/aromatic N) is 4. The highest BCUT2D eigenvalue weighted by molar-refractivity contribution is 8.00. The van der Waals surface area contributed by atoms with Gasteiger partial charge in [-0.3, -0.25) is 19.9 Å². The normalized spacial score (nSPS) is 11.8. The molecule has 1 N–H and O–H groups in total. The third-order valence-corrected chi connectivity index (χ3v) is 4.31. The summed E-state index contributed by atoms with van der Waals surface area (Å²) in [5.41, 5.74) is 0.0424. The first-order valence-corrected chi connectivity index (χ1v) is 8.47. The van der Waals surface area contributed by atoms with Crippen LogP contribution >= 0.6 is 11.8 Å². The quantitative estimate of drug-likeness (QED) is 0.387. The van der Waals surface area contributed by atoms with Crippen molar-refractivity contribution >= 4 is 29.0 Å². The van der Waals surface area contributed by atoms with Crippen molar-refractivity contribution in [2.75, 3.05) is 5.32 Å². The highest BCUT2D eigenvalue weighted by atomic mass is 32.2. The average molecular weight is 389 g/mol. The maximum Gasteiger partial charge on any atom is 0.306 e. The molecular formula is C16H12FN5O4S. The standard InChI is InChI=1S/C16H12FN5O4S/c1-9(14(23)19-11-4-5-12(17)13(7-11)22(24)25)27-16-21-20-15(26-16)10-3-2-6-18-8-10/h2-9H,1H3,(H,19,23)/t9-/m1/s1. The van der Waals surface area contributed by atoms with Gasteiger partial charge in [-0.1, -0.05) is 11.8 Å². The van der Waals surface area contributed by atoms with Crippen molar-refractivity contribution in [1.82, 2.24) is 15.2 Å². The van der Waals surface area contributed by atoms with Crippen LogP contribution in [0.4, 0.5) is 15.8 Å². The van der Waals surface area contributed by atoms with Crippen LogP contribution in [-0.4, -0.2) is 31.3 Å². The monoisotopic (exact) mass is 389 g/mol. The number of amides is 1. The minimum Gasteiger partial charge on any atom is -0.411 e. The number of anilines is 1. The molecule has 0 unspecified atom stereocenters. The zero-order valence-corrected chi connectivity index (χ0v) is 14.6. The van der Waals surface area contributed by atoms with Crippen LogP contribution < -0.4 is 5.32 Å².